The smallest absolute Gasteiger partial charge is 0.244 e. The summed E-state index contributed by atoms with van der Waals surface area (Å²) < 4.78 is 5.50. The molecular weight excluding hydrogens is 316 g/mol. The van der Waals surface area contributed by atoms with Crippen molar-refractivity contribution < 1.29 is 9.63 Å². The molecule has 2 unspecified atom stereocenters. The van der Waals surface area contributed by atoms with Gasteiger partial charge in [0, 0.05) is 25.7 Å². The molecular formula is C19H20N4O2. The summed E-state index contributed by atoms with van der Waals surface area (Å²) in [5.74, 6) is 1.23. The molecule has 3 aromatic rings. The summed E-state index contributed by atoms with van der Waals surface area (Å²) in [5, 5.41) is 14.2. The van der Waals surface area contributed by atoms with E-state index in [1.165, 1.54) is 0 Å². The Labute approximate surface area is 146 Å². The minimum Gasteiger partial charge on any atom is -0.392 e. The average molecular weight is 336 g/mol. The lowest BCUT2D eigenvalue weighted by atomic mass is 10.1. The predicted molar refractivity (Wildman–Crippen MR) is 91.6 cm³/mol. The molecule has 6 heteroatoms. The van der Waals surface area contributed by atoms with E-state index in [4.69, 9.17) is 4.52 Å². The SMILES string of the molecule is OC1CC(c2nc(Cc3ccccc3)no2)N(Cc2ccccn2)C1. The zero-order valence-electron chi connectivity index (χ0n) is 13.8. The molecule has 2 atom stereocenters. The molecule has 0 radical (unpaired) electrons. The number of hydrogen-bond donors (Lipinski definition) is 1. The van der Waals surface area contributed by atoms with Gasteiger partial charge in [-0.2, -0.15) is 4.98 Å². The van der Waals surface area contributed by atoms with E-state index in [9.17, 15) is 5.11 Å². The number of aliphatic hydroxyl groups excluding tert-OH is 1. The van der Waals surface area contributed by atoms with E-state index in [1.807, 2.05) is 48.5 Å². The lowest BCUT2D eigenvalue weighted by molar-refractivity contribution is 0.168. The highest BCUT2D eigenvalue weighted by atomic mass is 16.5. The molecule has 1 N–H and O–H groups in total. The Morgan fingerprint density at radius 2 is 1.96 bits per heavy atom. The van der Waals surface area contributed by atoms with E-state index in [-0.39, 0.29) is 6.04 Å². The van der Waals surface area contributed by atoms with Crippen molar-refractivity contribution in [2.75, 3.05) is 6.54 Å². The van der Waals surface area contributed by atoms with E-state index >= 15 is 0 Å². The largest absolute Gasteiger partial charge is 0.392 e. The summed E-state index contributed by atoms with van der Waals surface area (Å²) in [6, 6.07) is 15.8. The number of aromatic nitrogens is 3. The van der Waals surface area contributed by atoms with Gasteiger partial charge in [-0.1, -0.05) is 41.6 Å². The van der Waals surface area contributed by atoms with Crippen LogP contribution >= 0.6 is 0 Å². The van der Waals surface area contributed by atoms with Crippen molar-refractivity contribution in [1.29, 1.82) is 0 Å². The number of hydrogen-bond acceptors (Lipinski definition) is 6. The summed E-state index contributed by atoms with van der Waals surface area (Å²) in [6.45, 7) is 1.23. The second kappa shape index (κ2) is 7.13. The molecule has 1 aromatic carbocycles. The van der Waals surface area contributed by atoms with E-state index in [1.54, 1.807) is 6.20 Å². The second-order valence-electron chi connectivity index (χ2n) is 6.37. The monoisotopic (exact) mass is 336 g/mol. The lowest BCUT2D eigenvalue weighted by Gasteiger charge is -2.20. The van der Waals surface area contributed by atoms with Gasteiger partial charge in [-0.25, -0.2) is 0 Å². The molecule has 2 aromatic heterocycles. The Balaban J connectivity index is 1.49. The van der Waals surface area contributed by atoms with Crippen LogP contribution in [0.1, 0.15) is 35.4 Å². The molecule has 0 aliphatic carbocycles. The number of pyridine rings is 1. The van der Waals surface area contributed by atoms with Crippen LogP contribution in [0.5, 0.6) is 0 Å². The maximum Gasteiger partial charge on any atom is 0.244 e. The molecule has 0 bridgehead atoms. The summed E-state index contributed by atoms with van der Waals surface area (Å²) in [6.07, 6.45) is 2.62. The van der Waals surface area contributed by atoms with Gasteiger partial charge in [0.25, 0.3) is 0 Å². The number of rotatable bonds is 5. The third-order valence-corrected chi connectivity index (χ3v) is 4.45. The molecule has 3 heterocycles. The molecule has 1 fully saturated rings. The van der Waals surface area contributed by atoms with Crippen molar-refractivity contribution in [3.63, 3.8) is 0 Å². The van der Waals surface area contributed by atoms with Gasteiger partial charge in [-0.3, -0.25) is 9.88 Å². The molecule has 128 valence electrons. The summed E-state index contributed by atoms with van der Waals surface area (Å²) in [7, 11) is 0. The molecule has 0 spiro atoms. The van der Waals surface area contributed by atoms with Crippen molar-refractivity contribution in [2.24, 2.45) is 0 Å². The van der Waals surface area contributed by atoms with E-state index in [0.29, 0.717) is 37.6 Å². The van der Waals surface area contributed by atoms with Gasteiger partial charge in [0.05, 0.1) is 17.8 Å². The first-order chi connectivity index (χ1) is 12.3. The minimum atomic E-state index is -0.391. The van der Waals surface area contributed by atoms with Crippen molar-refractivity contribution in [1.82, 2.24) is 20.0 Å². The number of aliphatic hydroxyl groups is 1. The van der Waals surface area contributed by atoms with Crippen LogP contribution in [-0.4, -0.2) is 37.8 Å². The van der Waals surface area contributed by atoms with Gasteiger partial charge >= 0.3 is 0 Å². The zero-order valence-corrected chi connectivity index (χ0v) is 13.8. The molecule has 6 nitrogen and oxygen atoms in total. The van der Waals surface area contributed by atoms with Gasteiger partial charge in [-0.15, -0.1) is 0 Å². The summed E-state index contributed by atoms with van der Waals surface area (Å²) in [5.41, 5.74) is 2.11. The van der Waals surface area contributed by atoms with Crippen LogP contribution < -0.4 is 0 Å². The lowest BCUT2D eigenvalue weighted by Crippen LogP contribution is -2.25. The Morgan fingerprint density at radius 1 is 1.12 bits per heavy atom. The van der Waals surface area contributed by atoms with Crippen LogP contribution in [0.15, 0.2) is 59.3 Å². The van der Waals surface area contributed by atoms with Crippen molar-refractivity contribution in [2.45, 2.75) is 31.5 Å². The third kappa shape index (κ3) is 3.75. The number of benzene rings is 1. The molecule has 1 aliphatic rings. The molecule has 1 saturated heterocycles. The van der Waals surface area contributed by atoms with Crippen LogP contribution in [0, 0.1) is 0 Å². The summed E-state index contributed by atoms with van der Waals surface area (Å²) >= 11 is 0. The molecule has 1 aliphatic heterocycles. The fourth-order valence-electron chi connectivity index (χ4n) is 3.26. The Kier molecular flexibility index (Phi) is 4.54. The molecule has 4 rings (SSSR count). The fraction of sp³-hybridized carbons (Fsp3) is 0.316. The maximum absolute atomic E-state index is 10.1. The van der Waals surface area contributed by atoms with Gasteiger partial charge in [0.1, 0.15) is 0 Å². The van der Waals surface area contributed by atoms with Gasteiger partial charge in [0.15, 0.2) is 5.82 Å². The highest BCUT2D eigenvalue weighted by Crippen LogP contribution is 2.32. The van der Waals surface area contributed by atoms with E-state index in [2.05, 4.69) is 20.0 Å². The normalized spacial score (nSPS) is 20.8. The topological polar surface area (TPSA) is 75.3 Å². The second-order valence-corrected chi connectivity index (χ2v) is 6.37. The average Bonchev–Trinajstić information content (AvgIpc) is 3.23. The van der Waals surface area contributed by atoms with Crippen molar-refractivity contribution in [3.8, 4) is 0 Å². The zero-order chi connectivity index (χ0) is 17.1. The Morgan fingerprint density at radius 3 is 2.76 bits per heavy atom. The Hall–Kier alpha value is -2.57. The summed E-state index contributed by atoms with van der Waals surface area (Å²) in [4.78, 5) is 11.1. The minimum absolute atomic E-state index is 0.0750. The van der Waals surface area contributed by atoms with Crippen molar-refractivity contribution in [3.05, 3.63) is 77.7 Å². The number of likely N-dealkylation sites (tertiary alicyclic amines) is 1. The fourth-order valence-corrected chi connectivity index (χ4v) is 3.26. The van der Waals surface area contributed by atoms with E-state index < -0.39 is 6.10 Å². The first-order valence-electron chi connectivity index (χ1n) is 8.46. The van der Waals surface area contributed by atoms with Crippen LogP contribution in [0.3, 0.4) is 0 Å². The number of β-amino-alcohol motifs (C(OH)–C–C–N with tert-alkyl or cyclic N) is 1. The third-order valence-electron chi connectivity index (χ3n) is 4.45. The highest BCUT2D eigenvalue weighted by Gasteiger charge is 2.36. The van der Waals surface area contributed by atoms with Crippen LogP contribution in [0.4, 0.5) is 0 Å². The van der Waals surface area contributed by atoms with Gasteiger partial charge in [0.2, 0.25) is 5.89 Å². The molecule has 0 saturated carbocycles. The highest BCUT2D eigenvalue weighted by molar-refractivity contribution is 5.18. The van der Waals surface area contributed by atoms with Gasteiger partial charge in [-0.05, 0) is 24.1 Å². The van der Waals surface area contributed by atoms with Crippen LogP contribution in [0.25, 0.3) is 0 Å². The maximum atomic E-state index is 10.1. The van der Waals surface area contributed by atoms with Crippen molar-refractivity contribution >= 4 is 0 Å². The predicted octanol–water partition coefficient (Wildman–Crippen LogP) is 2.36. The standard InChI is InChI=1S/C19H20N4O2/c24-16-11-17(23(13-16)12-15-8-4-5-9-20-15)19-21-18(22-25-19)10-14-6-2-1-3-7-14/h1-9,16-17,24H,10-13H2. The van der Waals surface area contributed by atoms with E-state index in [0.717, 1.165) is 11.3 Å². The van der Waals surface area contributed by atoms with Gasteiger partial charge < -0.3 is 9.63 Å². The molecule has 25 heavy (non-hydrogen) atoms. The Bertz CT molecular complexity index is 807. The first-order valence-corrected chi connectivity index (χ1v) is 8.46. The molecule has 0 amide bonds. The first kappa shape index (κ1) is 15.9. The quantitative estimate of drug-likeness (QED) is 0.771. The van der Waals surface area contributed by atoms with Crippen LogP contribution in [0.2, 0.25) is 0 Å². The van der Waals surface area contributed by atoms with Crippen LogP contribution in [-0.2, 0) is 13.0 Å². The number of nitrogens with zero attached hydrogens (tertiary/aromatic N) is 4.